The fourth-order valence-corrected chi connectivity index (χ4v) is 5.61. The topological polar surface area (TPSA) is 63.7 Å². The SMILES string of the molecule is CN1c2ccc(S(C)(=O)=O)cc2C(C)(C)C12C=Cc1cccc(C(=O)c3ccccc3)c1O2. The summed E-state index contributed by atoms with van der Waals surface area (Å²) in [7, 11) is -1.42. The van der Waals surface area contributed by atoms with Gasteiger partial charge in [-0.3, -0.25) is 4.79 Å². The Morgan fingerprint density at radius 3 is 2.39 bits per heavy atom. The molecule has 0 aromatic heterocycles. The Hall–Kier alpha value is -3.38. The lowest BCUT2D eigenvalue weighted by atomic mass is 9.76. The first-order valence-corrected chi connectivity index (χ1v) is 12.6. The number of anilines is 1. The molecule has 0 bridgehead atoms. The van der Waals surface area contributed by atoms with E-state index in [2.05, 4.69) is 0 Å². The predicted molar refractivity (Wildman–Crippen MR) is 130 cm³/mol. The van der Waals surface area contributed by atoms with Gasteiger partial charge in [-0.05, 0) is 55.8 Å². The predicted octanol–water partition coefficient (Wildman–Crippen LogP) is 4.85. The van der Waals surface area contributed by atoms with Crippen molar-refractivity contribution in [2.24, 2.45) is 0 Å². The molecule has 3 aromatic carbocycles. The van der Waals surface area contributed by atoms with Gasteiger partial charge in [-0.1, -0.05) is 42.5 Å². The van der Waals surface area contributed by atoms with E-state index in [1.807, 2.05) is 74.3 Å². The summed E-state index contributed by atoms with van der Waals surface area (Å²) in [6.07, 6.45) is 5.21. The highest BCUT2D eigenvalue weighted by Gasteiger charge is 2.58. The van der Waals surface area contributed by atoms with Gasteiger partial charge in [0.25, 0.3) is 0 Å². The fraction of sp³-hybridized carbons (Fsp3) is 0.222. The zero-order valence-electron chi connectivity index (χ0n) is 19.0. The molecule has 0 aliphatic carbocycles. The van der Waals surface area contributed by atoms with Crippen molar-refractivity contribution < 1.29 is 17.9 Å². The normalized spacial score (nSPS) is 20.3. The van der Waals surface area contributed by atoms with Crippen LogP contribution in [0.25, 0.3) is 6.08 Å². The second kappa shape index (κ2) is 7.06. The quantitative estimate of drug-likeness (QED) is 0.524. The average Bonchev–Trinajstić information content (AvgIpc) is 2.96. The Morgan fingerprint density at radius 2 is 1.70 bits per heavy atom. The van der Waals surface area contributed by atoms with Crippen molar-refractivity contribution >= 4 is 27.4 Å². The Bertz CT molecular complexity index is 1420. The number of fused-ring (bicyclic) bond motifs is 2. The number of carbonyl (C=O) groups is 1. The smallest absolute Gasteiger partial charge is 0.211 e. The number of carbonyl (C=O) groups excluding carboxylic acids is 1. The molecule has 5 rings (SSSR count). The van der Waals surface area contributed by atoms with Crippen LogP contribution in [-0.4, -0.2) is 33.2 Å². The van der Waals surface area contributed by atoms with Gasteiger partial charge in [0.1, 0.15) is 5.75 Å². The molecule has 2 heterocycles. The van der Waals surface area contributed by atoms with Crippen LogP contribution in [0.3, 0.4) is 0 Å². The van der Waals surface area contributed by atoms with Gasteiger partial charge in [0.2, 0.25) is 5.72 Å². The molecule has 2 aliphatic heterocycles. The zero-order valence-corrected chi connectivity index (χ0v) is 19.8. The van der Waals surface area contributed by atoms with Gasteiger partial charge in [-0.25, -0.2) is 8.42 Å². The van der Waals surface area contributed by atoms with E-state index in [9.17, 15) is 13.2 Å². The standard InChI is InChI=1S/C27H25NO4S/c1-26(2)22-17-20(33(4,30)31)13-14-23(22)28(3)27(26)16-15-19-11-8-12-21(25(19)32-27)24(29)18-9-6-5-7-10-18/h5-17H,1-4H3. The molecular weight excluding hydrogens is 434 g/mol. The second-order valence-corrected chi connectivity index (χ2v) is 11.2. The summed E-state index contributed by atoms with van der Waals surface area (Å²) in [5.41, 5.74) is 2.18. The average molecular weight is 460 g/mol. The minimum absolute atomic E-state index is 0.103. The van der Waals surface area contributed by atoms with Crippen molar-refractivity contribution in [3.63, 3.8) is 0 Å². The van der Waals surface area contributed by atoms with Crippen molar-refractivity contribution in [3.8, 4) is 5.75 Å². The van der Waals surface area contributed by atoms with Gasteiger partial charge in [-0.2, -0.15) is 0 Å². The summed E-state index contributed by atoms with van der Waals surface area (Å²) >= 11 is 0. The summed E-state index contributed by atoms with van der Waals surface area (Å²) in [4.78, 5) is 15.7. The van der Waals surface area contributed by atoms with Crippen LogP contribution in [0.1, 0.15) is 40.9 Å². The lowest BCUT2D eigenvalue weighted by Gasteiger charge is -2.46. The summed E-state index contributed by atoms with van der Waals surface area (Å²) in [5, 5.41) is 0. The van der Waals surface area contributed by atoms with E-state index in [4.69, 9.17) is 4.74 Å². The van der Waals surface area contributed by atoms with E-state index < -0.39 is 21.0 Å². The molecule has 33 heavy (non-hydrogen) atoms. The van der Waals surface area contributed by atoms with Crippen molar-refractivity contribution in [2.45, 2.75) is 29.9 Å². The molecule has 1 unspecified atom stereocenters. The summed E-state index contributed by atoms with van der Waals surface area (Å²) < 4.78 is 31.2. The summed E-state index contributed by atoms with van der Waals surface area (Å²) in [6, 6.07) is 19.9. The first kappa shape index (κ1) is 21.5. The molecular formula is C27H25NO4S. The number of likely N-dealkylation sites (N-methyl/N-ethyl adjacent to an activating group) is 1. The zero-order chi connectivity index (χ0) is 23.6. The van der Waals surface area contributed by atoms with Gasteiger partial charge in [-0.15, -0.1) is 0 Å². The number of nitrogens with zero attached hydrogens (tertiary/aromatic N) is 1. The van der Waals surface area contributed by atoms with E-state index in [-0.39, 0.29) is 10.7 Å². The third-order valence-electron chi connectivity index (χ3n) is 6.90. The van der Waals surface area contributed by atoms with E-state index in [1.165, 1.54) is 6.26 Å². The maximum absolute atomic E-state index is 13.4. The Kier molecular flexibility index (Phi) is 4.59. The third-order valence-corrected chi connectivity index (χ3v) is 8.01. The van der Waals surface area contributed by atoms with E-state index in [1.54, 1.807) is 30.3 Å². The number of para-hydroxylation sites is 1. The van der Waals surface area contributed by atoms with Crippen molar-refractivity contribution in [1.29, 1.82) is 0 Å². The van der Waals surface area contributed by atoms with Crippen LogP contribution in [0.4, 0.5) is 5.69 Å². The van der Waals surface area contributed by atoms with Gasteiger partial charge in [0.15, 0.2) is 15.6 Å². The van der Waals surface area contributed by atoms with E-state index in [0.717, 1.165) is 16.8 Å². The lowest BCUT2D eigenvalue weighted by molar-refractivity contribution is 0.0567. The largest absolute Gasteiger partial charge is 0.462 e. The monoisotopic (exact) mass is 459 g/mol. The third kappa shape index (κ3) is 3.04. The number of rotatable bonds is 3. The van der Waals surface area contributed by atoms with E-state index >= 15 is 0 Å². The van der Waals surface area contributed by atoms with Crippen LogP contribution in [0.2, 0.25) is 0 Å². The molecule has 1 spiro atoms. The molecule has 6 heteroatoms. The lowest BCUT2D eigenvalue weighted by Crippen LogP contribution is -2.58. The molecule has 0 N–H and O–H groups in total. The number of sulfone groups is 1. The minimum atomic E-state index is -3.35. The van der Waals surface area contributed by atoms with Gasteiger partial charge >= 0.3 is 0 Å². The van der Waals surface area contributed by atoms with Crippen molar-refractivity contribution in [3.05, 3.63) is 95.1 Å². The highest BCUT2D eigenvalue weighted by atomic mass is 32.2. The highest BCUT2D eigenvalue weighted by molar-refractivity contribution is 7.90. The maximum atomic E-state index is 13.4. The van der Waals surface area contributed by atoms with Gasteiger partial charge in [0, 0.05) is 30.1 Å². The van der Waals surface area contributed by atoms with Gasteiger partial charge in [0.05, 0.1) is 15.9 Å². The number of hydrogen-bond donors (Lipinski definition) is 0. The number of ether oxygens (including phenoxy) is 1. The molecule has 5 nitrogen and oxygen atoms in total. The molecule has 2 aliphatic rings. The molecule has 3 aromatic rings. The van der Waals surface area contributed by atoms with Crippen molar-refractivity contribution in [2.75, 3.05) is 18.2 Å². The van der Waals surface area contributed by atoms with Crippen molar-refractivity contribution in [1.82, 2.24) is 0 Å². The Balaban J connectivity index is 1.64. The molecule has 0 amide bonds. The minimum Gasteiger partial charge on any atom is -0.462 e. The van der Waals surface area contributed by atoms with E-state index in [0.29, 0.717) is 16.9 Å². The molecule has 0 saturated heterocycles. The van der Waals surface area contributed by atoms with Crippen LogP contribution >= 0.6 is 0 Å². The van der Waals surface area contributed by atoms with Crippen LogP contribution < -0.4 is 9.64 Å². The van der Waals surface area contributed by atoms with Crippen LogP contribution in [0, 0.1) is 0 Å². The molecule has 0 fully saturated rings. The fourth-order valence-electron chi connectivity index (χ4n) is 4.96. The van der Waals surface area contributed by atoms with Crippen LogP contribution in [0.15, 0.2) is 77.7 Å². The first-order valence-electron chi connectivity index (χ1n) is 10.8. The molecule has 168 valence electrons. The summed E-state index contributed by atoms with van der Waals surface area (Å²) in [5.74, 6) is 0.429. The Morgan fingerprint density at radius 1 is 0.970 bits per heavy atom. The number of hydrogen-bond acceptors (Lipinski definition) is 5. The second-order valence-electron chi connectivity index (χ2n) is 9.19. The number of benzene rings is 3. The van der Waals surface area contributed by atoms with Crippen LogP contribution in [0.5, 0.6) is 5.75 Å². The first-order chi connectivity index (χ1) is 15.6. The highest BCUT2D eigenvalue weighted by Crippen LogP contribution is 2.55. The van der Waals surface area contributed by atoms with Crippen LogP contribution in [-0.2, 0) is 15.3 Å². The molecule has 0 saturated carbocycles. The maximum Gasteiger partial charge on any atom is 0.211 e. The molecule has 0 radical (unpaired) electrons. The Labute approximate surface area is 194 Å². The summed E-state index contributed by atoms with van der Waals surface area (Å²) in [6.45, 7) is 4.08. The number of ketones is 1. The molecule has 1 atom stereocenters. The van der Waals surface area contributed by atoms with Gasteiger partial charge < -0.3 is 9.64 Å².